The summed E-state index contributed by atoms with van der Waals surface area (Å²) in [5, 5.41) is 0. The third kappa shape index (κ3) is 2.53. The Balaban J connectivity index is 2.81. The summed E-state index contributed by atoms with van der Waals surface area (Å²) < 4.78 is 5.60. The molecule has 0 spiro atoms. The zero-order valence-corrected chi connectivity index (χ0v) is 9.05. The fraction of sp³-hybridized carbons (Fsp3) is 0.385. The maximum Gasteiger partial charge on any atom is 0.122 e. The molecule has 0 heterocycles. The molecule has 0 amide bonds. The van der Waals surface area contributed by atoms with E-state index in [1.165, 1.54) is 16.7 Å². The van der Waals surface area contributed by atoms with E-state index in [0.717, 1.165) is 5.75 Å². The number of benzene rings is 1. The van der Waals surface area contributed by atoms with Gasteiger partial charge in [-0.3, -0.25) is 0 Å². The fourth-order valence-corrected chi connectivity index (χ4v) is 1.37. The van der Waals surface area contributed by atoms with Crippen molar-refractivity contribution in [3.8, 4) is 18.1 Å². The van der Waals surface area contributed by atoms with Crippen LogP contribution in [0.25, 0.3) is 0 Å². The van der Waals surface area contributed by atoms with Gasteiger partial charge in [0.05, 0.1) is 6.61 Å². The summed E-state index contributed by atoms with van der Waals surface area (Å²) >= 11 is 0. The first-order valence-electron chi connectivity index (χ1n) is 4.79. The molecule has 0 aliphatic heterocycles. The molecule has 0 saturated carbocycles. The van der Waals surface area contributed by atoms with Crippen LogP contribution in [-0.4, -0.2) is 6.61 Å². The summed E-state index contributed by atoms with van der Waals surface area (Å²) in [5.41, 5.74) is 3.69. The first-order chi connectivity index (χ1) is 6.65. The van der Waals surface area contributed by atoms with E-state index in [1.807, 2.05) is 0 Å². The lowest BCUT2D eigenvalue weighted by Crippen LogP contribution is -1.99. The highest BCUT2D eigenvalue weighted by atomic mass is 16.5. The number of ether oxygens (including phenoxy) is 1. The molecule has 1 aromatic rings. The van der Waals surface area contributed by atoms with Gasteiger partial charge in [-0.25, -0.2) is 0 Å². The Bertz CT molecular complexity index is 358. The summed E-state index contributed by atoms with van der Waals surface area (Å²) in [6, 6.07) is 4.21. The van der Waals surface area contributed by atoms with E-state index in [0.29, 0.717) is 13.0 Å². The van der Waals surface area contributed by atoms with E-state index in [2.05, 4.69) is 38.8 Å². The van der Waals surface area contributed by atoms with Crippen LogP contribution in [0.3, 0.4) is 0 Å². The third-order valence-corrected chi connectivity index (χ3v) is 2.27. The van der Waals surface area contributed by atoms with E-state index in [9.17, 15) is 0 Å². The van der Waals surface area contributed by atoms with E-state index in [4.69, 9.17) is 11.2 Å². The Morgan fingerprint density at radius 2 is 2.00 bits per heavy atom. The highest BCUT2D eigenvalue weighted by molar-refractivity contribution is 5.41. The molecule has 74 valence electrons. The number of hydrogen-bond donors (Lipinski definition) is 0. The average molecular weight is 188 g/mol. The van der Waals surface area contributed by atoms with Crippen LogP contribution in [0.1, 0.15) is 23.1 Å². The van der Waals surface area contributed by atoms with Gasteiger partial charge in [-0.15, -0.1) is 12.3 Å². The largest absolute Gasteiger partial charge is 0.492 e. The molecule has 0 N–H and O–H groups in total. The van der Waals surface area contributed by atoms with Crippen LogP contribution in [0.4, 0.5) is 0 Å². The molecular weight excluding hydrogens is 172 g/mol. The van der Waals surface area contributed by atoms with Crippen molar-refractivity contribution in [3.05, 3.63) is 28.8 Å². The van der Waals surface area contributed by atoms with Crippen molar-refractivity contribution in [3.63, 3.8) is 0 Å². The molecule has 0 bridgehead atoms. The predicted octanol–water partition coefficient (Wildman–Crippen LogP) is 3.01. The molecule has 0 radical (unpaired) electrons. The van der Waals surface area contributed by atoms with Crippen LogP contribution in [0.15, 0.2) is 12.1 Å². The average Bonchev–Trinajstić information content (AvgIpc) is 2.13. The lowest BCUT2D eigenvalue weighted by atomic mass is 10.1. The zero-order valence-electron chi connectivity index (χ0n) is 9.05. The zero-order chi connectivity index (χ0) is 10.6. The second kappa shape index (κ2) is 4.72. The summed E-state index contributed by atoms with van der Waals surface area (Å²) in [4.78, 5) is 0. The highest BCUT2D eigenvalue weighted by Gasteiger charge is 2.02. The van der Waals surface area contributed by atoms with E-state index in [1.54, 1.807) is 0 Å². The van der Waals surface area contributed by atoms with Crippen LogP contribution in [0.5, 0.6) is 5.75 Å². The molecule has 0 aliphatic rings. The van der Waals surface area contributed by atoms with Gasteiger partial charge in [0.15, 0.2) is 0 Å². The Kier molecular flexibility index (Phi) is 3.59. The number of hydrogen-bond acceptors (Lipinski definition) is 1. The van der Waals surface area contributed by atoms with Crippen LogP contribution in [-0.2, 0) is 0 Å². The predicted molar refractivity (Wildman–Crippen MR) is 59.6 cm³/mol. The minimum absolute atomic E-state index is 0.597. The van der Waals surface area contributed by atoms with Crippen molar-refractivity contribution in [2.24, 2.45) is 0 Å². The second-order valence-corrected chi connectivity index (χ2v) is 3.51. The molecule has 0 fully saturated rings. The first-order valence-corrected chi connectivity index (χ1v) is 4.79. The molecule has 0 saturated heterocycles. The maximum absolute atomic E-state index is 5.60. The molecule has 1 nitrogen and oxygen atoms in total. The minimum Gasteiger partial charge on any atom is -0.492 e. The number of rotatable bonds is 3. The summed E-state index contributed by atoms with van der Waals surface area (Å²) in [6.07, 6.45) is 5.82. The van der Waals surface area contributed by atoms with Gasteiger partial charge in [0.25, 0.3) is 0 Å². The molecule has 1 rings (SSSR count). The topological polar surface area (TPSA) is 9.23 Å². The van der Waals surface area contributed by atoms with Gasteiger partial charge < -0.3 is 4.74 Å². The molecular formula is C13H16O. The molecule has 0 aliphatic carbocycles. The Morgan fingerprint density at radius 3 is 2.64 bits per heavy atom. The lowest BCUT2D eigenvalue weighted by molar-refractivity contribution is 0.324. The van der Waals surface area contributed by atoms with Crippen LogP contribution in [0.2, 0.25) is 0 Å². The minimum atomic E-state index is 0.597. The SMILES string of the molecule is C#CCCOc1cc(C)cc(C)c1C. The number of terminal acetylenes is 1. The Morgan fingerprint density at radius 1 is 1.29 bits per heavy atom. The fourth-order valence-electron chi connectivity index (χ4n) is 1.37. The van der Waals surface area contributed by atoms with Gasteiger partial charge in [0, 0.05) is 6.42 Å². The molecule has 0 atom stereocenters. The second-order valence-electron chi connectivity index (χ2n) is 3.51. The summed E-state index contributed by atoms with van der Waals surface area (Å²) in [5.74, 6) is 3.52. The van der Waals surface area contributed by atoms with Crippen molar-refractivity contribution in [1.82, 2.24) is 0 Å². The van der Waals surface area contributed by atoms with Gasteiger partial charge in [0.1, 0.15) is 5.75 Å². The van der Waals surface area contributed by atoms with Crippen LogP contribution in [0, 0.1) is 33.1 Å². The van der Waals surface area contributed by atoms with Gasteiger partial charge in [-0.05, 0) is 43.5 Å². The van der Waals surface area contributed by atoms with Crippen LogP contribution >= 0.6 is 0 Å². The number of aryl methyl sites for hydroxylation is 2. The lowest BCUT2D eigenvalue weighted by Gasteiger charge is -2.11. The quantitative estimate of drug-likeness (QED) is 0.523. The van der Waals surface area contributed by atoms with Crippen molar-refractivity contribution in [1.29, 1.82) is 0 Å². The van der Waals surface area contributed by atoms with E-state index < -0.39 is 0 Å². The van der Waals surface area contributed by atoms with Gasteiger partial charge in [-0.1, -0.05) is 6.07 Å². The van der Waals surface area contributed by atoms with Gasteiger partial charge in [0.2, 0.25) is 0 Å². The van der Waals surface area contributed by atoms with Crippen molar-refractivity contribution >= 4 is 0 Å². The Labute approximate surface area is 86.1 Å². The van der Waals surface area contributed by atoms with Crippen LogP contribution < -0.4 is 4.74 Å². The monoisotopic (exact) mass is 188 g/mol. The molecule has 0 aromatic heterocycles. The standard InChI is InChI=1S/C13H16O/c1-5-6-7-14-13-9-10(2)8-11(3)12(13)4/h1,8-9H,6-7H2,2-4H3. The normalized spacial score (nSPS) is 9.57. The van der Waals surface area contributed by atoms with Gasteiger partial charge in [-0.2, -0.15) is 0 Å². The molecule has 0 unspecified atom stereocenters. The maximum atomic E-state index is 5.60. The first kappa shape index (κ1) is 10.7. The molecule has 1 heteroatoms. The summed E-state index contributed by atoms with van der Waals surface area (Å²) in [6.45, 7) is 6.83. The Hall–Kier alpha value is -1.42. The molecule has 1 aromatic carbocycles. The summed E-state index contributed by atoms with van der Waals surface area (Å²) in [7, 11) is 0. The third-order valence-electron chi connectivity index (χ3n) is 2.27. The van der Waals surface area contributed by atoms with E-state index in [-0.39, 0.29) is 0 Å². The van der Waals surface area contributed by atoms with E-state index >= 15 is 0 Å². The smallest absolute Gasteiger partial charge is 0.122 e. The van der Waals surface area contributed by atoms with Gasteiger partial charge >= 0.3 is 0 Å². The van der Waals surface area contributed by atoms with Crippen molar-refractivity contribution in [2.75, 3.05) is 6.61 Å². The highest BCUT2D eigenvalue weighted by Crippen LogP contribution is 2.23. The van der Waals surface area contributed by atoms with Crippen molar-refractivity contribution in [2.45, 2.75) is 27.2 Å². The van der Waals surface area contributed by atoms with Crippen molar-refractivity contribution < 1.29 is 4.74 Å². The molecule has 14 heavy (non-hydrogen) atoms.